The first-order chi connectivity index (χ1) is 14.1. The minimum atomic E-state index is -0.228. The number of H-pyrrole nitrogens is 1. The second-order valence-electron chi connectivity index (χ2n) is 7.43. The fourth-order valence-electron chi connectivity index (χ4n) is 4.40. The molecule has 0 aliphatic carbocycles. The Balaban J connectivity index is 1.59. The van der Waals surface area contributed by atoms with Crippen LogP contribution in [-0.2, 0) is 9.53 Å². The van der Waals surface area contributed by atoms with Crippen LogP contribution in [0.5, 0.6) is 0 Å². The van der Waals surface area contributed by atoms with E-state index < -0.39 is 0 Å². The number of carbonyl (C=O) groups excluding carboxylic acids is 2. The summed E-state index contributed by atoms with van der Waals surface area (Å²) in [6, 6.07) is 4.99. The fourth-order valence-corrected chi connectivity index (χ4v) is 4.40. The van der Waals surface area contributed by atoms with E-state index in [2.05, 4.69) is 20.7 Å². The van der Waals surface area contributed by atoms with E-state index in [1.165, 1.54) is 12.3 Å². The van der Waals surface area contributed by atoms with Crippen molar-refractivity contribution in [3.63, 3.8) is 0 Å². The van der Waals surface area contributed by atoms with Crippen LogP contribution in [0, 0.1) is 5.92 Å². The molecular weight excluding hydrogens is 376 g/mol. The standard InChI is InChI=1S/C19H24N6O4/c1-2-29-11-17(26)20-8-16-13-6-12(15-4-3-5-18(27)25(15)16)9-24(10-13)19(28)14-7-21-23-22-14/h3-5,7,12-13,16H,2,6,8-11H2,1H3,(H,20,26)(H,21,22,23)/t12-,13+,16+/m1/s1. The molecule has 2 bridgehead atoms. The summed E-state index contributed by atoms with van der Waals surface area (Å²) in [6.45, 7) is 3.61. The molecule has 4 rings (SSSR count). The van der Waals surface area contributed by atoms with Crippen LogP contribution in [-0.4, -0.2) is 69.5 Å². The third-order valence-electron chi connectivity index (χ3n) is 5.67. The molecule has 2 aromatic rings. The minimum absolute atomic E-state index is 0.0101. The monoisotopic (exact) mass is 400 g/mol. The molecule has 0 saturated carbocycles. The first-order valence-electron chi connectivity index (χ1n) is 9.79. The van der Waals surface area contributed by atoms with Crippen LogP contribution >= 0.6 is 0 Å². The summed E-state index contributed by atoms with van der Waals surface area (Å²) in [6.07, 6.45) is 2.27. The topological polar surface area (TPSA) is 122 Å². The van der Waals surface area contributed by atoms with Crippen molar-refractivity contribution in [2.45, 2.75) is 25.3 Å². The van der Waals surface area contributed by atoms with E-state index in [0.717, 1.165) is 12.1 Å². The molecule has 2 aliphatic heterocycles. The van der Waals surface area contributed by atoms with Crippen molar-refractivity contribution in [2.24, 2.45) is 5.92 Å². The summed E-state index contributed by atoms with van der Waals surface area (Å²) in [5.74, 6) is -0.288. The van der Waals surface area contributed by atoms with Gasteiger partial charge in [-0.3, -0.25) is 14.4 Å². The van der Waals surface area contributed by atoms with Crippen molar-refractivity contribution in [2.75, 3.05) is 32.8 Å². The molecule has 3 atom stereocenters. The maximum atomic E-state index is 12.8. The first-order valence-corrected chi connectivity index (χ1v) is 9.79. The molecule has 4 heterocycles. The lowest BCUT2D eigenvalue weighted by atomic mass is 9.78. The number of nitrogens with one attached hydrogen (secondary N) is 2. The number of piperidine rings is 1. The average Bonchev–Trinajstić information content (AvgIpc) is 3.26. The SMILES string of the molecule is CCOCC(=O)NC[C@H]1[C@H]2C[C@H](CN(C(=O)c3cn[nH]n3)C2)c2cccc(=O)n21. The quantitative estimate of drug-likeness (QED) is 0.699. The number of hydrogen-bond acceptors (Lipinski definition) is 6. The van der Waals surface area contributed by atoms with E-state index in [4.69, 9.17) is 4.74 Å². The van der Waals surface area contributed by atoms with Gasteiger partial charge in [0.1, 0.15) is 6.61 Å². The van der Waals surface area contributed by atoms with Gasteiger partial charge < -0.3 is 19.5 Å². The van der Waals surface area contributed by atoms with Crippen LogP contribution in [0.15, 0.2) is 29.2 Å². The first kappa shape index (κ1) is 19.3. The van der Waals surface area contributed by atoms with Gasteiger partial charge >= 0.3 is 0 Å². The van der Waals surface area contributed by atoms with Gasteiger partial charge in [0.2, 0.25) is 5.91 Å². The number of carbonyl (C=O) groups is 2. The lowest BCUT2D eigenvalue weighted by Gasteiger charge is -2.46. The number of amides is 2. The van der Waals surface area contributed by atoms with Crippen molar-refractivity contribution < 1.29 is 14.3 Å². The largest absolute Gasteiger partial charge is 0.372 e. The molecule has 2 aromatic heterocycles. The maximum absolute atomic E-state index is 12.8. The molecule has 2 N–H and O–H groups in total. The summed E-state index contributed by atoms with van der Waals surface area (Å²) in [7, 11) is 0. The van der Waals surface area contributed by atoms with Gasteiger partial charge in [0.25, 0.3) is 11.5 Å². The Morgan fingerprint density at radius 1 is 1.34 bits per heavy atom. The third kappa shape index (κ3) is 3.80. The highest BCUT2D eigenvalue weighted by Crippen LogP contribution is 2.41. The van der Waals surface area contributed by atoms with Crippen molar-refractivity contribution in [1.29, 1.82) is 0 Å². The molecule has 10 nitrogen and oxygen atoms in total. The van der Waals surface area contributed by atoms with Crippen LogP contribution in [0.3, 0.4) is 0 Å². The molecule has 2 amide bonds. The van der Waals surface area contributed by atoms with Gasteiger partial charge in [-0.05, 0) is 25.3 Å². The van der Waals surface area contributed by atoms with E-state index in [-0.39, 0.29) is 47.6 Å². The molecule has 0 radical (unpaired) electrons. The molecule has 10 heteroatoms. The van der Waals surface area contributed by atoms with Crippen LogP contribution < -0.4 is 10.9 Å². The summed E-state index contributed by atoms with van der Waals surface area (Å²) in [5, 5.41) is 13.0. The van der Waals surface area contributed by atoms with Crippen molar-refractivity contribution in [1.82, 2.24) is 30.2 Å². The minimum Gasteiger partial charge on any atom is -0.372 e. The number of likely N-dealkylation sites (tertiary alicyclic amines) is 1. The normalized spacial score (nSPS) is 22.8. The van der Waals surface area contributed by atoms with Crippen LogP contribution in [0.25, 0.3) is 0 Å². The predicted octanol–water partition coefficient (Wildman–Crippen LogP) is -0.0803. The van der Waals surface area contributed by atoms with Crippen LogP contribution in [0.4, 0.5) is 0 Å². The zero-order chi connectivity index (χ0) is 20.4. The Bertz CT molecular complexity index is 940. The number of pyridine rings is 1. The Morgan fingerprint density at radius 3 is 2.97 bits per heavy atom. The van der Waals surface area contributed by atoms with Crippen molar-refractivity contribution >= 4 is 11.8 Å². The summed E-state index contributed by atoms with van der Waals surface area (Å²) >= 11 is 0. The molecule has 29 heavy (non-hydrogen) atoms. The second kappa shape index (κ2) is 8.16. The van der Waals surface area contributed by atoms with Gasteiger partial charge in [0.05, 0.1) is 12.2 Å². The van der Waals surface area contributed by atoms with Gasteiger partial charge in [-0.1, -0.05) is 6.07 Å². The van der Waals surface area contributed by atoms with Gasteiger partial charge in [-0.2, -0.15) is 15.4 Å². The van der Waals surface area contributed by atoms with Gasteiger partial charge in [0.15, 0.2) is 5.69 Å². The van der Waals surface area contributed by atoms with Gasteiger partial charge in [-0.25, -0.2) is 0 Å². The Morgan fingerprint density at radius 2 is 2.21 bits per heavy atom. The molecule has 1 fully saturated rings. The second-order valence-corrected chi connectivity index (χ2v) is 7.43. The highest BCUT2D eigenvalue weighted by molar-refractivity contribution is 5.92. The zero-order valence-electron chi connectivity index (χ0n) is 16.2. The van der Waals surface area contributed by atoms with Gasteiger partial charge in [-0.15, -0.1) is 0 Å². The third-order valence-corrected chi connectivity index (χ3v) is 5.67. The number of nitrogens with zero attached hydrogens (tertiary/aromatic N) is 4. The molecule has 2 aliphatic rings. The lowest BCUT2D eigenvalue weighted by molar-refractivity contribution is -0.125. The lowest BCUT2D eigenvalue weighted by Crippen LogP contribution is -2.53. The number of aromatic nitrogens is 4. The Hall–Kier alpha value is -3.01. The number of fused-ring (bicyclic) bond motifs is 4. The van der Waals surface area contributed by atoms with Crippen molar-refractivity contribution in [3.8, 4) is 0 Å². The summed E-state index contributed by atoms with van der Waals surface area (Å²) < 4.78 is 6.94. The van der Waals surface area contributed by atoms with Crippen LogP contribution in [0.2, 0.25) is 0 Å². The molecule has 1 saturated heterocycles. The fraction of sp³-hybridized carbons (Fsp3) is 0.526. The van der Waals surface area contributed by atoms with E-state index in [1.807, 2.05) is 13.0 Å². The Kier molecular flexibility index (Phi) is 5.43. The number of hydrogen-bond donors (Lipinski definition) is 2. The van der Waals surface area contributed by atoms with E-state index in [0.29, 0.717) is 26.2 Å². The molecule has 0 aromatic carbocycles. The number of ether oxygens (including phenoxy) is 1. The smallest absolute Gasteiger partial charge is 0.276 e. The van der Waals surface area contributed by atoms with E-state index >= 15 is 0 Å². The maximum Gasteiger partial charge on any atom is 0.276 e. The van der Waals surface area contributed by atoms with E-state index in [1.54, 1.807) is 15.5 Å². The molecular formula is C19H24N6O4. The summed E-state index contributed by atoms with van der Waals surface area (Å²) in [5.41, 5.74) is 1.09. The van der Waals surface area contributed by atoms with E-state index in [9.17, 15) is 14.4 Å². The average molecular weight is 400 g/mol. The Labute approximate surface area is 167 Å². The highest BCUT2D eigenvalue weighted by atomic mass is 16.5. The van der Waals surface area contributed by atoms with Gasteiger partial charge in [0, 0.05) is 43.9 Å². The number of rotatable bonds is 6. The zero-order valence-corrected chi connectivity index (χ0v) is 16.2. The van der Waals surface area contributed by atoms with Crippen molar-refractivity contribution in [3.05, 3.63) is 46.1 Å². The molecule has 0 unspecified atom stereocenters. The van der Waals surface area contributed by atoms with Crippen LogP contribution in [0.1, 0.15) is 41.5 Å². The highest BCUT2D eigenvalue weighted by Gasteiger charge is 2.42. The molecule has 154 valence electrons. The predicted molar refractivity (Wildman–Crippen MR) is 102 cm³/mol. The summed E-state index contributed by atoms with van der Waals surface area (Å²) in [4.78, 5) is 39.3. The number of aromatic amines is 1. The molecule has 0 spiro atoms.